The first-order chi connectivity index (χ1) is 16.5. The number of amides is 2. The van der Waals surface area contributed by atoms with E-state index < -0.39 is 17.0 Å². The predicted octanol–water partition coefficient (Wildman–Crippen LogP) is 2.91. The number of pyridine rings is 2. The van der Waals surface area contributed by atoms with Gasteiger partial charge in [-0.1, -0.05) is 19.1 Å². The van der Waals surface area contributed by atoms with Gasteiger partial charge in [0.15, 0.2) is 11.6 Å². The number of carbonyl (C=O) groups excluding carboxylic acids is 2. The standard InChI is InChI=1S/C22H19F2N3O.C3H5B2NO/c1-13-7-16-5-6-27(21-20(24)10-18(23)12-26-21)22(28)19(16)9-17(13)8-15-4-3-14(2)25-11-15;1-3(4,5)6-2-7/h3-4,7,9-12H,5-6,8H2,1-2H3;2H,1H3,(H,6,7). The number of aryl methyl sites for hydroxylation is 2. The second-order valence-corrected chi connectivity index (χ2v) is 8.63. The first-order valence-electron chi connectivity index (χ1n) is 10.9. The number of fused-ring (bicyclic) bond motifs is 1. The molecule has 0 bridgehead atoms. The lowest BCUT2D eigenvalue weighted by atomic mass is 9.64. The summed E-state index contributed by atoms with van der Waals surface area (Å²) in [6, 6.07) is 8.62. The summed E-state index contributed by atoms with van der Waals surface area (Å²) in [5.74, 6) is -2.06. The maximum atomic E-state index is 14.1. The van der Waals surface area contributed by atoms with Gasteiger partial charge in [0.2, 0.25) is 6.41 Å². The number of carbonyl (C=O) groups is 2. The smallest absolute Gasteiger partial charge is 0.259 e. The Morgan fingerprint density at radius 2 is 1.89 bits per heavy atom. The van der Waals surface area contributed by atoms with Crippen LogP contribution in [-0.2, 0) is 17.6 Å². The molecule has 3 aromatic rings. The van der Waals surface area contributed by atoms with Crippen molar-refractivity contribution in [3.8, 4) is 0 Å². The van der Waals surface area contributed by atoms with Crippen LogP contribution in [0, 0.1) is 25.5 Å². The van der Waals surface area contributed by atoms with Gasteiger partial charge in [0.1, 0.15) is 5.82 Å². The first-order valence-corrected chi connectivity index (χ1v) is 10.9. The maximum absolute atomic E-state index is 14.1. The van der Waals surface area contributed by atoms with Gasteiger partial charge in [-0.3, -0.25) is 19.5 Å². The first kappa shape index (κ1) is 26.1. The van der Waals surface area contributed by atoms with Crippen molar-refractivity contribution in [3.05, 3.63) is 87.9 Å². The number of hydrogen-bond donors (Lipinski definition) is 1. The normalized spacial score (nSPS) is 12.9. The Morgan fingerprint density at radius 3 is 2.46 bits per heavy atom. The predicted molar refractivity (Wildman–Crippen MR) is 132 cm³/mol. The van der Waals surface area contributed by atoms with Crippen LogP contribution in [0.15, 0.2) is 42.7 Å². The van der Waals surface area contributed by atoms with E-state index in [4.69, 9.17) is 15.7 Å². The Kier molecular flexibility index (Phi) is 8.04. The van der Waals surface area contributed by atoms with Crippen molar-refractivity contribution in [3.63, 3.8) is 0 Å². The summed E-state index contributed by atoms with van der Waals surface area (Å²) in [7, 11) is 10.2. The van der Waals surface area contributed by atoms with Gasteiger partial charge in [0, 0.05) is 30.1 Å². The lowest BCUT2D eigenvalue weighted by Crippen LogP contribution is -2.42. The molecular formula is C25H24B2F2N4O2. The molecule has 6 nitrogen and oxygen atoms in total. The zero-order chi connectivity index (χ0) is 25.8. The van der Waals surface area contributed by atoms with Crippen LogP contribution in [0.5, 0.6) is 0 Å². The summed E-state index contributed by atoms with van der Waals surface area (Å²) in [6.45, 7) is 5.75. The molecule has 176 valence electrons. The minimum atomic E-state index is -1.07. The fourth-order valence-electron chi connectivity index (χ4n) is 3.65. The molecule has 1 aliphatic rings. The minimum Gasteiger partial charge on any atom is -0.371 e. The summed E-state index contributed by atoms with van der Waals surface area (Å²) >= 11 is 0. The summed E-state index contributed by atoms with van der Waals surface area (Å²) < 4.78 is 27.3. The van der Waals surface area contributed by atoms with Crippen molar-refractivity contribution < 1.29 is 18.4 Å². The van der Waals surface area contributed by atoms with Gasteiger partial charge in [0.05, 0.1) is 21.9 Å². The maximum Gasteiger partial charge on any atom is 0.259 e. The summed E-state index contributed by atoms with van der Waals surface area (Å²) in [6.07, 6.45) is 4.46. The van der Waals surface area contributed by atoms with E-state index in [0.29, 0.717) is 31.4 Å². The van der Waals surface area contributed by atoms with Gasteiger partial charge in [-0.2, -0.15) is 0 Å². The molecule has 1 aromatic carbocycles. The van der Waals surface area contributed by atoms with Crippen molar-refractivity contribution in [1.82, 2.24) is 15.3 Å². The van der Waals surface area contributed by atoms with E-state index in [1.165, 1.54) is 11.8 Å². The monoisotopic (exact) mass is 472 g/mol. The number of nitrogens with zero attached hydrogens (tertiary/aromatic N) is 3. The minimum absolute atomic E-state index is 0.137. The summed E-state index contributed by atoms with van der Waals surface area (Å²) in [5.41, 5.74) is 5.61. The quantitative estimate of drug-likeness (QED) is 0.458. The molecule has 0 saturated heterocycles. The largest absolute Gasteiger partial charge is 0.371 e. The number of halogens is 2. The van der Waals surface area contributed by atoms with Gasteiger partial charge in [-0.25, -0.2) is 13.8 Å². The number of benzene rings is 1. The lowest BCUT2D eigenvalue weighted by molar-refractivity contribution is -0.109. The lowest BCUT2D eigenvalue weighted by Gasteiger charge is -2.29. The molecule has 10 heteroatoms. The highest BCUT2D eigenvalue weighted by Crippen LogP contribution is 2.28. The van der Waals surface area contributed by atoms with E-state index in [1.54, 1.807) is 0 Å². The fourth-order valence-corrected chi connectivity index (χ4v) is 3.65. The Labute approximate surface area is 206 Å². The van der Waals surface area contributed by atoms with Crippen LogP contribution in [-0.4, -0.2) is 49.9 Å². The fraction of sp³-hybridized carbons (Fsp3) is 0.280. The molecule has 0 atom stereocenters. The second-order valence-electron chi connectivity index (χ2n) is 8.63. The van der Waals surface area contributed by atoms with Crippen molar-refractivity contribution in [2.24, 2.45) is 0 Å². The molecule has 3 heterocycles. The van der Waals surface area contributed by atoms with Gasteiger partial charge in [0.25, 0.3) is 5.91 Å². The van der Waals surface area contributed by atoms with Crippen molar-refractivity contribution in [2.75, 3.05) is 11.4 Å². The third-order valence-corrected chi connectivity index (χ3v) is 5.42. The molecular weight excluding hydrogens is 448 g/mol. The number of nitrogens with one attached hydrogen (secondary N) is 1. The Bertz CT molecular complexity index is 1230. The molecule has 2 amide bonds. The van der Waals surface area contributed by atoms with Gasteiger partial charge in [-0.15, -0.1) is 0 Å². The van der Waals surface area contributed by atoms with Crippen LogP contribution in [0.1, 0.15) is 45.2 Å². The topological polar surface area (TPSA) is 75.2 Å². The van der Waals surface area contributed by atoms with E-state index >= 15 is 0 Å². The van der Waals surface area contributed by atoms with Crippen molar-refractivity contribution in [2.45, 2.75) is 39.0 Å². The average Bonchev–Trinajstić information content (AvgIpc) is 2.77. The molecule has 4 rings (SSSR count). The number of aromatic nitrogens is 2. The number of rotatable bonds is 5. The van der Waals surface area contributed by atoms with E-state index in [1.807, 2.05) is 44.3 Å². The molecule has 1 N–H and O–H groups in total. The van der Waals surface area contributed by atoms with Gasteiger partial charge < -0.3 is 5.32 Å². The Balaban J connectivity index is 0.000000429. The highest BCUT2D eigenvalue weighted by molar-refractivity contribution is 6.40. The molecule has 0 aliphatic carbocycles. The second kappa shape index (κ2) is 10.8. The van der Waals surface area contributed by atoms with Crippen LogP contribution in [0.3, 0.4) is 0 Å². The average molecular weight is 472 g/mol. The van der Waals surface area contributed by atoms with Gasteiger partial charge in [-0.05, 0) is 66.4 Å². The van der Waals surface area contributed by atoms with Crippen LogP contribution in [0.25, 0.3) is 0 Å². The molecule has 0 spiro atoms. The van der Waals surface area contributed by atoms with E-state index in [2.05, 4.69) is 15.3 Å². The SMILES string of the molecule is Cc1ccc(Cc2cc3c(cc2C)CCN(c2ncc(F)cc2F)C3=O)cn1.[B]C([B])(C)NC=O. The van der Waals surface area contributed by atoms with Crippen molar-refractivity contribution >= 4 is 33.8 Å². The van der Waals surface area contributed by atoms with E-state index in [-0.39, 0.29) is 11.7 Å². The molecule has 2 aromatic heterocycles. The Hall–Kier alpha value is -3.55. The summed E-state index contributed by atoms with van der Waals surface area (Å²) in [4.78, 5) is 32.0. The van der Waals surface area contributed by atoms with Crippen molar-refractivity contribution in [1.29, 1.82) is 0 Å². The molecule has 0 saturated carbocycles. The van der Waals surface area contributed by atoms with Crippen LogP contribution in [0.2, 0.25) is 0 Å². The van der Waals surface area contributed by atoms with E-state index in [0.717, 1.165) is 40.2 Å². The molecule has 4 radical (unpaired) electrons. The number of hydrogen-bond acceptors (Lipinski definition) is 4. The zero-order valence-corrected chi connectivity index (χ0v) is 19.8. The molecule has 0 fully saturated rings. The number of anilines is 1. The van der Waals surface area contributed by atoms with Crippen LogP contribution in [0.4, 0.5) is 14.6 Å². The molecule has 1 aliphatic heterocycles. The molecule has 35 heavy (non-hydrogen) atoms. The van der Waals surface area contributed by atoms with E-state index in [9.17, 15) is 18.4 Å². The summed E-state index contributed by atoms with van der Waals surface area (Å²) in [5, 5.41) is 1.09. The van der Waals surface area contributed by atoms with Crippen LogP contribution < -0.4 is 10.2 Å². The zero-order valence-electron chi connectivity index (χ0n) is 19.8. The third kappa shape index (κ3) is 6.74. The molecule has 0 unspecified atom stereocenters. The Morgan fingerprint density at radius 1 is 1.14 bits per heavy atom. The van der Waals surface area contributed by atoms with Crippen LogP contribution >= 0.6 is 0 Å². The van der Waals surface area contributed by atoms with Gasteiger partial charge >= 0.3 is 0 Å². The highest BCUT2D eigenvalue weighted by atomic mass is 19.1. The highest BCUT2D eigenvalue weighted by Gasteiger charge is 2.29. The third-order valence-electron chi connectivity index (χ3n) is 5.42.